The number of rotatable bonds is 5. The molecular formula is C11H21N3. The second-order valence-electron chi connectivity index (χ2n) is 4.57. The molecule has 2 N–H and O–H groups in total. The average molecular weight is 195 g/mol. The van der Waals surface area contributed by atoms with E-state index < -0.39 is 0 Å². The molecule has 0 amide bonds. The first-order valence-electron chi connectivity index (χ1n) is 5.28. The second-order valence-corrected chi connectivity index (χ2v) is 4.57. The zero-order valence-corrected chi connectivity index (χ0v) is 9.45. The van der Waals surface area contributed by atoms with Crippen LogP contribution in [0.1, 0.15) is 32.9 Å². The largest absolute Gasteiger partial charge is 0.334 e. The summed E-state index contributed by atoms with van der Waals surface area (Å²) in [6, 6.07) is 0. The van der Waals surface area contributed by atoms with Crippen LogP contribution in [0.25, 0.3) is 0 Å². The molecule has 14 heavy (non-hydrogen) atoms. The van der Waals surface area contributed by atoms with Gasteiger partial charge in [0.1, 0.15) is 0 Å². The molecule has 0 bridgehead atoms. The predicted octanol–water partition coefficient (Wildman–Crippen LogP) is 1.82. The molecule has 0 spiro atoms. The molecule has 1 aromatic heterocycles. The number of nitrogens with two attached hydrogens (primary N) is 1. The molecule has 0 fully saturated rings. The average Bonchev–Trinajstić information content (AvgIpc) is 2.53. The molecule has 1 rings (SSSR count). The van der Waals surface area contributed by atoms with E-state index in [1.807, 2.05) is 12.5 Å². The van der Waals surface area contributed by atoms with Crippen molar-refractivity contribution in [2.45, 2.75) is 40.2 Å². The van der Waals surface area contributed by atoms with Gasteiger partial charge in [-0.15, -0.1) is 0 Å². The Bertz CT molecular complexity index is 276. The number of nitrogens with zero attached hydrogens (tertiary/aromatic N) is 2. The summed E-state index contributed by atoms with van der Waals surface area (Å²) in [7, 11) is 0. The number of hydrogen-bond acceptors (Lipinski definition) is 2. The molecule has 1 aromatic rings. The lowest BCUT2D eigenvalue weighted by atomic mass is 9.90. The van der Waals surface area contributed by atoms with Gasteiger partial charge in [-0.2, -0.15) is 0 Å². The van der Waals surface area contributed by atoms with Crippen molar-refractivity contribution < 1.29 is 0 Å². The van der Waals surface area contributed by atoms with Gasteiger partial charge in [0.15, 0.2) is 0 Å². The minimum atomic E-state index is 0.337. The van der Waals surface area contributed by atoms with Crippen LogP contribution in [0.15, 0.2) is 12.5 Å². The predicted molar refractivity (Wildman–Crippen MR) is 59.1 cm³/mol. The summed E-state index contributed by atoms with van der Waals surface area (Å²) in [5.41, 5.74) is 7.13. The fourth-order valence-corrected chi connectivity index (χ4v) is 1.42. The summed E-state index contributed by atoms with van der Waals surface area (Å²) in [5, 5.41) is 0. The standard InChI is InChI=1S/C11H21N3/c1-4-11(2,3)8-14-9-13-7-10(14)5-6-12/h7,9H,4-6,8,12H2,1-3H3. The van der Waals surface area contributed by atoms with Crippen LogP contribution in [-0.4, -0.2) is 16.1 Å². The SMILES string of the molecule is CCC(C)(C)Cn1cncc1CCN. The van der Waals surface area contributed by atoms with Crippen molar-refractivity contribution in [3.63, 3.8) is 0 Å². The maximum atomic E-state index is 5.54. The van der Waals surface area contributed by atoms with Crippen LogP contribution in [0, 0.1) is 5.41 Å². The Kier molecular flexibility index (Phi) is 3.69. The number of aromatic nitrogens is 2. The molecule has 0 saturated heterocycles. The highest BCUT2D eigenvalue weighted by Gasteiger charge is 2.16. The maximum Gasteiger partial charge on any atom is 0.0948 e. The van der Waals surface area contributed by atoms with E-state index in [0.29, 0.717) is 12.0 Å². The van der Waals surface area contributed by atoms with Gasteiger partial charge in [-0.3, -0.25) is 0 Å². The van der Waals surface area contributed by atoms with Crippen LogP contribution < -0.4 is 5.73 Å². The molecule has 0 aliphatic heterocycles. The van der Waals surface area contributed by atoms with Crippen molar-refractivity contribution in [2.24, 2.45) is 11.1 Å². The number of hydrogen-bond donors (Lipinski definition) is 1. The molecule has 0 saturated carbocycles. The molecule has 80 valence electrons. The van der Waals surface area contributed by atoms with Crippen molar-refractivity contribution >= 4 is 0 Å². The van der Waals surface area contributed by atoms with E-state index in [0.717, 1.165) is 13.0 Å². The molecule has 0 aliphatic rings. The summed E-state index contributed by atoms with van der Waals surface area (Å²) in [4.78, 5) is 4.17. The van der Waals surface area contributed by atoms with Gasteiger partial charge in [0.25, 0.3) is 0 Å². The van der Waals surface area contributed by atoms with Crippen molar-refractivity contribution in [1.29, 1.82) is 0 Å². The van der Waals surface area contributed by atoms with E-state index in [2.05, 4.69) is 30.3 Å². The van der Waals surface area contributed by atoms with Crippen molar-refractivity contribution in [3.8, 4) is 0 Å². The minimum absolute atomic E-state index is 0.337. The first-order chi connectivity index (χ1) is 6.59. The van der Waals surface area contributed by atoms with E-state index in [1.165, 1.54) is 12.1 Å². The third-order valence-corrected chi connectivity index (χ3v) is 2.75. The lowest BCUT2D eigenvalue weighted by Crippen LogP contribution is -2.20. The fraction of sp³-hybridized carbons (Fsp3) is 0.727. The fourth-order valence-electron chi connectivity index (χ4n) is 1.42. The molecule has 3 heteroatoms. The molecule has 0 aromatic carbocycles. The monoisotopic (exact) mass is 195 g/mol. The van der Waals surface area contributed by atoms with E-state index in [-0.39, 0.29) is 0 Å². The Labute approximate surface area is 86.3 Å². The molecular weight excluding hydrogens is 174 g/mol. The van der Waals surface area contributed by atoms with Gasteiger partial charge in [0.2, 0.25) is 0 Å². The second kappa shape index (κ2) is 4.60. The third-order valence-electron chi connectivity index (χ3n) is 2.75. The van der Waals surface area contributed by atoms with E-state index in [1.54, 1.807) is 0 Å². The number of imidazole rings is 1. The smallest absolute Gasteiger partial charge is 0.0948 e. The molecule has 3 nitrogen and oxygen atoms in total. The summed E-state index contributed by atoms with van der Waals surface area (Å²) in [6.07, 6.45) is 5.91. The van der Waals surface area contributed by atoms with Crippen molar-refractivity contribution in [3.05, 3.63) is 18.2 Å². The zero-order valence-electron chi connectivity index (χ0n) is 9.45. The van der Waals surface area contributed by atoms with Gasteiger partial charge in [-0.1, -0.05) is 20.8 Å². The first-order valence-corrected chi connectivity index (χ1v) is 5.28. The highest BCUT2D eigenvalue weighted by molar-refractivity contribution is 4.99. The normalized spacial score (nSPS) is 12.0. The molecule has 0 atom stereocenters. The van der Waals surface area contributed by atoms with Crippen LogP contribution in [0.2, 0.25) is 0 Å². The van der Waals surface area contributed by atoms with Crippen LogP contribution >= 0.6 is 0 Å². The molecule has 1 heterocycles. The Morgan fingerprint density at radius 2 is 2.21 bits per heavy atom. The van der Waals surface area contributed by atoms with Gasteiger partial charge in [0.05, 0.1) is 6.33 Å². The highest BCUT2D eigenvalue weighted by atomic mass is 15.0. The summed E-state index contributed by atoms with van der Waals surface area (Å²) >= 11 is 0. The van der Waals surface area contributed by atoms with Gasteiger partial charge in [-0.05, 0) is 18.4 Å². The summed E-state index contributed by atoms with van der Waals surface area (Å²) in [5.74, 6) is 0. The lowest BCUT2D eigenvalue weighted by molar-refractivity contribution is 0.291. The molecule has 0 unspecified atom stereocenters. The summed E-state index contributed by atoms with van der Waals surface area (Å²) in [6.45, 7) is 8.50. The lowest BCUT2D eigenvalue weighted by Gasteiger charge is -2.24. The Morgan fingerprint density at radius 1 is 1.50 bits per heavy atom. The van der Waals surface area contributed by atoms with E-state index >= 15 is 0 Å². The van der Waals surface area contributed by atoms with Crippen LogP contribution in [-0.2, 0) is 13.0 Å². The maximum absolute atomic E-state index is 5.54. The van der Waals surface area contributed by atoms with E-state index in [4.69, 9.17) is 5.73 Å². The quantitative estimate of drug-likeness (QED) is 0.779. The third kappa shape index (κ3) is 2.84. The van der Waals surface area contributed by atoms with E-state index in [9.17, 15) is 0 Å². The Balaban J connectivity index is 2.70. The first kappa shape index (κ1) is 11.2. The Morgan fingerprint density at radius 3 is 2.79 bits per heavy atom. The minimum Gasteiger partial charge on any atom is -0.334 e. The Hall–Kier alpha value is -0.830. The summed E-state index contributed by atoms with van der Waals surface area (Å²) < 4.78 is 2.22. The molecule has 0 radical (unpaired) electrons. The van der Waals surface area contributed by atoms with Gasteiger partial charge in [0, 0.05) is 24.9 Å². The molecule has 0 aliphatic carbocycles. The van der Waals surface area contributed by atoms with Crippen molar-refractivity contribution in [2.75, 3.05) is 6.54 Å². The van der Waals surface area contributed by atoms with Gasteiger partial charge < -0.3 is 10.3 Å². The van der Waals surface area contributed by atoms with Gasteiger partial charge in [-0.25, -0.2) is 4.98 Å². The zero-order chi connectivity index (χ0) is 10.6. The topological polar surface area (TPSA) is 43.8 Å². The highest BCUT2D eigenvalue weighted by Crippen LogP contribution is 2.22. The van der Waals surface area contributed by atoms with Crippen molar-refractivity contribution in [1.82, 2.24) is 9.55 Å². The van der Waals surface area contributed by atoms with Gasteiger partial charge >= 0.3 is 0 Å². The van der Waals surface area contributed by atoms with Crippen LogP contribution in [0.3, 0.4) is 0 Å². The van der Waals surface area contributed by atoms with Crippen LogP contribution in [0.5, 0.6) is 0 Å². The van der Waals surface area contributed by atoms with Crippen LogP contribution in [0.4, 0.5) is 0 Å².